The van der Waals surface area contributed by atoms with Crippen molar-refractivity contribution in [3.8, 4) is 0 Å². The summed E-state index contributed by atoms with van der Waals surface area (Å²) in [4.78, 5) is 26.2. The molecule has 1 saturated heterocycles. The number of hydrogen-bond acceptors (Lipinski definition) is 4. The highest BCUT2D eigenvalue weighted by atomic mass is 16.5. The van der Waals surface area contributed by atoms with Gasteiger partial charge in [0.1, 0.15) is 5.69 Å². The number of urea groups is 1. The molecular formula is C18H28N4O3. The van der Waals surface area contributed by atoms with Gasteiger partial charge in [-0.25, -0.2) is 9.59 Å². The van der Waals surface area contributed by atoms with Crippen LogP contribution < -0.4 is 5.32 Å². The average molecular weight is 348 g/mol. The van der Waals surface area contributed by atoms with E-state index < -0.39 is 5.97 Å². The van der Waals surface area contributed by atoms with Gasteiger partial charge in [0, 0.05) is 25.7 Å². The number of anilines is 1. The van der Waals surface area contributed by atoms with Crippen LogP contribution in [-0.2, 0) is 11.8 Å². The summed E-state index contributed by atoms with van der Waals surface area (Å²) in [7, 11) is 2.98. The van der Waals surface area contributed by atoms with Crippen molar-refractivity contribution in [2.45, 2.75) is 51.5 Å². The first-order chi connectivity index (χ1) is 12.0. The van der Waals surface area contributed by atoms with E-state index in [-0.39, 0.29) is 12.1 Å². The Labute approximate surface area is 148 Å². The molecular weight excluding hydrogens is 320 g/mol. The van der Waals surface area contributed by atoms with Crippen LogP contribution in [0.3, 0.4) is 0 Å². The number of hydrogen-bond donors (Lipinski definition) is 1. The number of aryl methyl sites for hydroxylation is 1. The summed E-state index contributed by atoms with van der Waals surface area (Å²) >= 11 is 0. The van der Waals surface area contributed by atoms with E-state index in [9.17, 15) is 9.59 Å². The van der Waals surface area contributed by atoms with E-state index in [0.717, 1.165) is 18.9 Å². The zero-order valence-electron chi connectivity index (χ0n) is 15.3. The van der Waals surface area contributed by atoms with Crippen molar-refractivity contribution in [2.24, 2.45) is 18.9 Å². The minimum absolute atomic E-state index is 0.139. The lowest BCUT2D eigenvalue weighted by atomic mass is 9.79. The summed E-state index contributed by atoms with van der Waals surface area (Å²) in [5.41, 5.74) is 0.312. The Bertz CT molecular complexity index is 636. The van der Waals surface area contributed by atoms with Crippen LogP contribution in [0.1, 0.15) is 55.9 Å². The van der Waals surface area contributed by atoms with E-state index in [4.69, 9.17) is 4.74 Å². The molecule has 2 amide bonds. The summed E-state index contributed by atoms with van der Waals surface area (Å²) in [6.07, 6.45) is 7.68. The number of nitrogens with zero attached hydrogens (tertiary/aromatic N) is 3. The second-order valence-corrected chi connectivity index (χ2v) is 7.36. The summed E-state index contributed by atoms with van der Waals surface area (Å²) < 4.78 is 6.13. The van der Waals surface area contributed by atoms with E-state index >= 15 is 0 Å². The van der Waals surface area contributed by atoms with Crippen LogP contribution in [0.15, 0.2) is 6.07 Å². The quantitative estimate of drug-likeness (QED) is 0.852. The maximum absolute atomic E-state index is 12.7. The van der Waals surface area contributed by atoms with Crippen LogP contribution in [0.5, 0.6) is 0 Å². The fourth-order valence-electron chi connectivity index (χ4n) is 4.31. The van der Waals surface area contributed by atoms with Crippen molar-refractivity contribution in [3.05, 3.63) is 11.8 Å². The maximum Gasteiger partial charge on any atom is 0.356 e. The highest BCUT2D eigenvalue weighted by Crippen LogP contribution is 2.37. The molecule has 1 aliphatic heterocycles. The zero-order chi connectivity index (χ0) is 18.0. The Hall–Kier alpha value is -2.05. The number of carbonyl (C=O) groups is 2. The third-order valence-electron chi connectivity index (χ3n) is 5.69. The Balaban J connectivity index is 1.62. The van der Waals surface area contributed by atoms with Gasteiger partial charge < -0.3 is 9.64 Å². The van der Waals surface area contributed by atoms with Gasteiger partial charge in [-0.3, -0.25) is 10.00 Å². The number of ether oxygens (including phenoxy) is 1. The van der Waals surface area contributed by atoms with Crippen LogP contribution in [0.25, 0.3) is 0 Å². The Morgan fingerprint density at radius 3 is 2.64 bits per heavy atom. The van der Waals surface area contributed by atoms with Crippen molar-refractivity contribution in [3.63, 3.8) is 0 Å². The normalized spacial score (nSPS) is 24.4. The van der Waals surface area contributed by atoms with Gasteiger partial charge in [0.05, 0.1) is 7.11 Å². The molecule has 7 nitrogen and oxygen atoms in total. The molecule has 2 unspecified atom stereocenters. The smallest absolute Gasteiger partial charge is 0.356 e. The number of aromatic nitrogens is 2. The highest BCUT2D eigenvalue weighted by Gasteiger charge is 2.37. The molecule has 1 saturated carbocycles. The first kappa shape index (κ1) is 17.8. The molecule has 1 N–H and O–H groups in total. The van der Waals surface area contributed by atoms with Crippen molar-refractivity contribution in [1.29, 1.82) is 0 Å². The van der Waals surface area contributed by atoms with Gasteiger partial charge in [-0.2, -0.15) is 5.10 Å². The van der Waals surface area contributed by atoms with E-state index in [0.29, 0.717) is 17.4 Å². The topological polar surface area (TPSA) is 76.5 Å². The standard InChI is InChI=1S/C18H28N4O3/c1-12-9-14(13-7-5-4-6-8-13)11-22(12)18(24)19-16-10-15(17(23)25-3)21(2)20-16/h10,12-14H,4-9,11H2,1-3H3,(H,19,20,24). The fourth-order valence-corrected chi connectivity index (χ4v) is 4.31. The SMILES string of the molecule is COC(=O)c1cc(NC(=O)N2CC(C3CCCCC3)CC2C)nn1C. The lowest BCUT2D eigenvalue weighted by molar-refractivity contribution is 0.0588. The summed E-state index contributed by atoms with van der Waals surface area (Å²) in [5.74, 6) is 1.27. The van der Waals surface area contributed by atoms with E-state index in [1.165, 1.54) is 43.9 Å². The lowest BCUT2D eigenvalue weighted by Crippen LogP contribution is -2.38. The molecule has 0 radical (unpaired) electrons. The molecule has 138 valence electrons. The van der Waals surface area contributed by atoms with Gasteiger partial charge in [0.25, 0.3) is 0 Å². The number of rotatable bonds is 3. The molecule has 25 heavy (non-hydrogen) atoms. The average Bonchev–Trinajstić information content (AvgIpc) is 3.17. The number of likely N-dealkylation sites (tertiary alicyclic amines) is 1. The Kier molecular flexibility index (Phi) is 5.30. The van der Waals surface area contributed by atoms with E-state index in [1.54, 1.807) is 13.1 Å². The predicted molar refractivity (Wildman–Crippen MR) is 94.4 cm³/mol. The molecule has 2 aliphatic rings. The van der Waals surface area contributed by atoms with Gasteiger partial charge >= 0.3 is 12.0 Å². The minimum atomic E-state index is -0.470. The molecule has 7 heteroatoms. The molecule has 1 aromatic heterocycles. The molecule has 1 aromatic rings. The summed E-state index contributed by atoms with van der Waals surface area (Å²) in [5, 5.41) is 7.01. The van der Waals surface area contributed by atoms with Crippen molar-refractivity contribution in [1.82, 2.24) is 14.7 Å². The summed E-state index contributed by atoms with van der Waals surface area (Å²) in [6.45, 7) is 2.93. The van der Waals surface area contributed by atoms with Gasteiger partial charge in [-0.15, -0.1) is 0 Å². The predicted octanol–water partition coefficient (Wildman–Crippen LogP) is 3.03. The third-order valence-corrected chi connectivity index (χ3v) is 5.69. The largest absolute Gasteiger partial charge is 0.464 e. The van der Waals surface area contributed by atoms with Crippen LogP contribution >= 0.6 is 0 Å². The Morgan fingerprint density at radius 2 is 1.96 bits per heavy atom. The number of carbonyl (C=O) groups excluding carboxylic acids is 2. The maximum atomic E-state index is 12.7. The highest BCUT2D eigenvalue weighted by molar-refractivity contribution is 5.92. The van der Waals surface area contributed by atoms with Crippen molar-refractivity contribution < 1.29 is 14.3 Å². The fraction of sp³-hybridized carbons (Fsp3) is 0.722. The molecule has 2 fully saturated rings. The molecule has 2 atom stereocenters. The van der Waals surface area contributed by atoms with Crippen molar-refractivity contribution in [2.75, 3.05) is 19.0 Å². The second kappa shape index (κ2) is 7.45. The van der Waals surface area contributed by atoms with Crippen LogP contribution in [-0.4, -0.2) is 46.4 Å². The third kappa shape index (κ3) is 3.80. The number of nitrogens with one attached hydrogen (secondary N) is 1. The second-order valence-electron chi connectivity index (χ2n) is 7.36. The molecule has 0 aromatic carbocycles. The van der Waals surface area contributed by atoms with Gasteiger partial charge in [0.2, 0.25) is 0 Å². The van der Waals surface area contributed by atoms with Crippen LogP contribution in [0.2, 0.25) is 0 Å². The summed E-state index contributed by atoms with van der Waals surface area (Å²) in [6, 6.07) is 1.64. The zero-order valence-corrected chi connectivity index (χ0v) is 15.3. The van der Waals surface area contributed by atoms with Gasteiger partial charge in [-0.1, -0.05) is 32.1 Å². The number of amides is 2. The van der Waals surface area contributed by atoms with Crippen molar-refractivity contribution >= 4 is 17.8 Å². The van der Waals surface area contributed by atoms with E-state index in [2.05, 4.69) is 17.3 Å². The monoisotopic (exact) mass is 348 g/mol. The minimum Gasteiger partial charge on any atom is -0.464 e. The molecule has 1 aliphatic carbocycles. The van der Waals surface area contributed by atoms with Crippen LogP contribution in [0, 0.1) is 11.8 Å². The molecule has 0 bridgehead atoms. The number of methoxy groups -OCH3 is 1. The first-order valence-corrected chi connectivity index (χ1v) is 9.19. The van der Waals surface area contributed by atoms with Gasteiger partial charge in [0.15, 0.2) is 5.82 Å². The van der Waals surface area contributed by atoms with E-state index in [1.807, 2.05) is 4.90 Å². The van der Waals surface area contributed by atoms with Gasteiger partial charge in [-0.05, 0) is 25.2 Å². The molecule has 2 heterocycles. The van der Waals surface area contributed by atoms with Crippen LogP contribution in [0.4, 0.5) is 10.6 Å². The number of esters is 1. The Morgan fingerprint density at radius 1 is 1.24 bits per heavy atom. The lowest BCUT2D eigenvalue weighted by Gasteiger charge is -2.27. The first-order valence-electron chi connectivity index (χ1n) is 9.19. The molecule has 0 spiro atoms. The molecule has 3 rings (SSSR count).